The van der Waals surface area contributed by atoms with Crippen LogP contribution in [0, 0.1) is 0 Å². The summed E-state index contributed by atoms with van der Waals surface area (Å²) in [5.41, 5.74) is 0.575. The van der Waals surface area contributed by atoms with Crippen LogP contribution in [-0.2, 0) is 15.7 Å². The molecule has 0 aromatic rings. The molecule has 6 heteroatoms. The van der Waals surface area contributed by atoms with Crippen molar-refractivity contribution >= 4 is 17.1 Å². The summed E-state index contributed by atoms with van der Waals surface area (Å²) >= 11 is 0. The largest absolute Gasteiger partial charge is 0.444 e. The average molecular weight is 288 g/mol. The minimum absolute atomic E-state index is 0.300. The predicted molar refractivity (Wildman–Crippen MR) is 76.9 cm³/mol. The number of carbonyl (C=O) groups excluding carboxylic acids is 1. The van der Waals surface area contributed by atoms with Gasteiger partial charge in [-0.2, -0.15) is 0 Å². The molecule has 0 aliphatic carbocycles. The number of nitrogens with zero attached hydrogens (tertiary/aromatic N) is 1. The van der Waals surface area contributed by atoms with Crippen molar-refractivity contribution in [3.8, 4) is 0 Å². The average Bonchev–Trinajstić information content (AvgIpc) is 2.09. The number of likely N-dealkylation sites (tertiary alicyclic amines) is 1. The molecule has 1 unspecified atom stereocenters. The van der Waals surface area contributed by atoms with Crippen molar-refractivity contribution in [3.05, 3.63) is 11.8 Å². The molecule has 5 nitrogen and oxygen atoms in total. The highest BCUT2D eigenvalue weighted by Gasteiger charge is 2.29. The number of rotatable bonds is 2. The molecule has 1 fully saturated rings. The van der Waals surface area contributed by atoms with Crippen LogP contribution in [-0.4, -0.2) is 38.6 Å². The van der Waals surface area contributed by atoms with Crippen LogP contribution < -0.4 is 4.72 Å². The molecule has 1 atom stereocenters. The summed E-state index contributed by atoms with van der Waals surface area (Å²) in [5, 5.41) is 0. The van der Waals surface area contributed by atoms with E-state index in [4.69, 9.17) is 4.74 Å². The molecule has 0 radical (unpaired) electrons. The second kappa shape index (κ2) is 5.53. The van der Waals surface area contributed by atoms with E-state index in [-0.39, 0.29) is 10.8 Å². The second-order valence-electron chi connectivity index (χ2n) is 6.64. The lowest BCUT2D eigenvalue weighted by atomic mass is 10.1. The van der Waals surface area contributed by atoms with Gasteiger partial charge in [-0.3, -0.25) is 4.90 Å². The van der Waals surface area contributed by atoms with E-state index in [1.807, 2.05) is 41.5 Å². The van der Waals surface area contributed by atoms with Gasteiger partial charge in [-0.1, -0.05) is 0 Å². The van der Waals surface area contributed by atoms with E-state index in [1.54, 1.807) is 11.1 Å². The van der Waals surface area contributed by atoms with Crippen molar-refractivity contribution < 1.29 is 13.7 Å². The smallest absolute Gasteiger partial charge is 0.410 e. The number of ether oxygens (including phenoxy) is 1. The van der Waals surface area contributed by atoms with Crippen molar-refractivity contribution in [2.75, 3.05) is 13.1 Å². The molecular formula is C13H24N2O3S. The van der Waals surface area contributed by atoms with Gasteiger partial charge < -0.3 is 9.46 Å². The molecule has 1 aliphatic rings. The maximum atomic E-state index is 11.8. The molecule has 1 aliphatic heterocycles. The van der Waals surface area contributed by atoms with Crippen molar-refractivity contribution in [2.45, 2.75) is 51.9 Å². The van der Waals surface area contributed by atoms with Gasteiger partial charge in [0.1, 0.15) is 16.6 Å². The fourth-order valence-corrected chi connectivity index (χ4v) is 1.93. The number of amides is 1. The summed E-state index contributed by atoms with van der Waals surface area (Å²) < 4.78 is 19.6. The standard InChI is InChI=1S/C13H24N2O3S/c1-12(2,3)18-11(16)15-8-10(9-15)7-14-19(17)13(4,5)6/h7,14H,8-9H2,1-6H3. The molecule has 19 heavy (non-hydrogen) atoms. The first kappa shape index (κ1) is 16.0. The molecule has 0 aromatic heterocycles. The van der Waals surface area contributed by atoms with Gasteiger partial charge in [-0.15, -0.1) is 0 Å². The highest BCUT2D eigenvalue weighted by Crippen LogP contribution is 2.18. The molecule has 0 aromatic carbocycles. The first-order valence-electron chi connectivity index (χ1n) is 6.33. The predicted octanol–water partition coefficient (Wildman–Crippen LogP) is 2.17. The SMILES string of the molecule is CC(C)(C)OC(=O)N1CC(=CNS(=O)C(C)(C)C)C1. The van der Waals surface area contributed by atoms with Gasteiger partial charge in [-0.25, -0.2) is 9.00 Å². The van der Waals surface area contributed by atoms with Crippen LogP contribution in [0.3, 0.4) is 0 Å². The highest BCUT2D eigenvalue weighted by atomic mass is 32.2. The van der Waals surface area contributed by atoms with Crippen LogP contribution >= 0.6 is 0 Å². The first-order valence-corrected chi connectivity index (χ1v) is 7.48. The van der Waals surface area contributed by atoms with E-state index in [0.717, 1.165) is 5.57 Å². The zero-order chi connectivity index (χ0) is 14.8. The van der Waals surface area contributed by atoms with Gasteiger partial charge in [0.15, 0.2) is 0 Å². The van der Waals surface area contributed by atoms with E-state index in [1.165, 1.54) is 0 Å². The Kier molecular flexibility index (Phi) is 4.66. The Balaban J connectivity index is 2.38. The third kappa shape index (κ3) is 5.22. The number of hydrogen-bond acceptors (Lipinski definition) is 3. The monoisotopic (exact) mass is 288 g/mol. The van der Waals surface area contributed by atoms with Crippen molar-refractivity contribution in [1.29, 1.82) is 0 Å². The van der Waals surface area contributed by atoms with Crippen LogP contribution in [0.1, 0.15) is 41.5 Å². The maximum Gasteiger partial charge on any atom is 0.410 e. The van der Waals surface area contributed by atoms with E-state index in [9.17, 15) is 9.00 Å². The summed E-state index contributed by atoms with van der Waals surface area (Å²) in [5.74, 6) is 0. The molecule has 110 valence electrons. The summed E-state index contributed by atoms with van der Waals surface area (Å²) in [6, 6.07) is 0. The fourth-order valence-electron chi connectivity index (χ4n) is 1.30. The molecule has 0 saturated carbocycles. The van der Waals surface area contributed by atoms with Crippen LogP contribution in [0.2, 0.25) is 0 Å². The highest BCUT2D eigenvalue weighted by molar-refractivity contribution is 7.84. The van der Waals surface area contributed by atoms with E-state index >= 15 is 0 Å². The van der Waals surface area contributed by atoms with E-state index in [0.29, 0.717) is 13.1 Å². The summed E-state index contributed by atoms with van der Waals surface area (Å²) in [6.07, 6.45) is 1.43. The number of hydrogen-bond donors (Lipinski definition) is 1. The van der Waals surface area contributed by atoms with Gasteiger partial charge in [0.05, 0.1) is 4.75 Å². The molecule has 1 heterocycles. The Morgan fingerprint density at radius 1 is 1.26 bits per heavy atom. The Morgan fingerprint density at radius 3 is 2.21 bits per heavy atom. The normalized spacial score (nSPS) is 17.6. The molecular weight excluding hydrogens is 264 g/mol. The second-order valence-corrected chi connectivity index (χ2v) is 8.64. The summed E-state index contributed by atoms with van der Waals surface area (Å²) in [6.45, 7) is 12.3. The lowest BCUT2D eigenvalue weighted by molar-refractivity contribution is 0.0214. The number of carbonyl (C=O) groups is 1. The lowest BCUT2D eigenvalue weighted by Crippen LogP contribution is -2.47. The number of nitrogens with one attached hydrogen (secondary N) is 1. The van der Waals surface area contributed by atoms with Crippen molar-refractivity contribution in [2.24, 2.45) is 0 Å². The van der Waals surface area contributed by atoms with Crippen molar-refractivity contribution in [1.82, 2.24) is 9.62 Å². The molecule has 1 rings (SSSR count). The molecule has 1 saturated heterocycles. The summed E-state index contributed by atoms with van der Waals surface area (Å²) in [7, 11) is -1.12. The van der Waals surface area contributed by atoms with Crippen LogP contribution in [0.15, 0.2) is 11.8 Å². The van der Waals surface area contributed by atoms with Gasteiger partial charge in [0, 0.05) is 19.3 Å². The van der Waals surface area contributed by atoms with Crippen LogP contribution in [0.5, 0.6) is 0 Å². The van der Waals surface area contributed by atoms with Gasteiger partial charge in [0.2, 0.25) is 0 Å². The van der Waals surface area contributed by atoms with Gasteiger partial charge >= 0.3 is 6.09 Å². The molecule has 1 N–H and O–H groups in total. The third-order valence-corrected chi connectivity index (χ3v) is 3.81. The fraction of sp³-hybridized carbons (Fsp3) is 0.769. The van der Waals surface area contributed by atoms with E-state index < -0.39 is 16.6 Å². The third-order valence-electron chi connectivity index (χ3n) is 2.37. The van der Waals surface area contributed by atoms with Crippen molar-refractivity contribution in [3.63, 3.8) is 0 Å². The zero-order valence-electron chi connectivity index (χ0n) is 12.6. The van der Waals surface area contributed by atoms with Crippen LogP contribution in [0.4, 0.5) is 4.79 Å². The minimum atomic E-state index is -1.12. The lowest BCUT2D eigenvalue weighted by Gasteiger charge is -2.35. The Labute approximate surface area is 118 Å². The Morgan fingerprint density at radius 2 is 1.79 bits per heavy atom. The quantitative estimate of drug-likeness (QED) is 0.847. The van der Waals surface area contributed by atoms with Crippen LogP contribution in [0.25, 0.3) is 0 Å². The Bertz CT molecular complexity index is 397. The molecule has 0 spiro atoms. The zero-order valence-corrected chi connectivity index (χ0v) is 13.4. The Hall–Kier alpha value is -1.04. The molecule has 0 bridgehead atoms. The minimum Gasteiger partial charge on any atom is -0.444 e. The first-order chi connectivity index (χ1) is 8.49. The maximum absolute atomic E-state index is 11.8. The van der Waals surface area contributed by atoms with Gasteiger partial charge in [-0.05, 0) is 47.1 Å². The summed E-state index contributed by atoms with van der Waals surface area (Å²) in [4.78, 5) is 13.3. The van der Waals surface area contributed by atoms with Gasteiger partial charge in [0.25, 0.3) is 0 Å². The van der Waals surface area contributed by atoms with E-state index in [2.05, 4.69) is 4.72 Å². The molecule has 1 amide bonds. The topological polar surface area (TPSA) is 58.6 Å².